The predicted octanol–water partition coefficient (Wildman–Crippen LogP) is 2.66. The van der Waals surface area contributed by atoms with E-state index in [-0.39, 0.29) is 17.6 Å². The maximum Gasteiger partial charge on any atom is 0.227 e. The van der Waals surface area contributed by atoms with E-state index in [1.54, 1.807) is 23.7 Å². The molecule has 2 aliphatic heterocycles. The highest BCUT2D eigenvalue weighted by Gasteiger charge is 2.47. The topological polar surface area (TPSA) is 51.7 Å². The molecule has 1 amide bonds. The molecule has 2 atom stereocenters. The molecule has 2 aliphatic rings. The SMILES string of the molecule is O=C(Cc1cccs1)N1CC[C@]2(C[C@@H](OCc3ccncc3)CO2)C1. The number of hydrogen-bond acceptors (Lipinski definition) is 5. The maximum absolute atomic E-state index is 12.5. The van der Waals surface area contributed by atoms with Crippen molar-refractivity contribution in [3.05, 3.63) is 52.5 Å². The minimum absolute atomic E-state index is 0.0977. The Kier molecular flexibility index (Phi) is 4.83. The van der Waals surface area contributed by atoms with Crippen LogP contribution >= 0.6 is 11.3 Å². The van der Waals surface area contributed by atoms with E-state index >= 15 is 0 Å². The summed E-state index contributed by atoms with van der Waals surface area (Å²) in [6.07, 6.45) is 5.91. The number of rotatable bonds is 5. The summed E-state index contributed by atoms with van der Waals surface area (Å²) in [5.41, 5.74) is 0.906. The molecule has 0 N–H and O–H groups in total. The molecule has 0 unspecified atom stereocenters. The van der Waals surface area contributed by atoms with Gasteiger partial charge in [-0.1, -0.05) is 6.07 Å². The van der Waals surface area contributed by atoms with E-state index in [0.717, 1.165) is 29.8 Å². The highest BCUT2D eigenvalue weighted by molar-refractivity contribution is 7.10. The fraction of sp³-hybridized carbons (Fsp3) is 0.474. The summed E-state index contributed by atoms with van der Waals surface area (Å²) in [7, 11) is 0. The average Bonchev–Trinajstić information content (AvgIpc) is 3.37. The largest absolute Gasteiger partial charge is 0.371 e. The summed E-state index contributed by atoms with van der Waals surface area (Å²) in [5, 5.41) is 2.01. The van der Waals surface area contributed by atoms with Crippen molar-refractivity contribution < 1.29 is 14.3 Å². The van der Waals surface area contributed by atoms with Crippen molar-refractivity contribution >= 4 is 17.2 Å². The summed E-state index contributed by atoms with van der Waals surface area (Å²) in [4.78, 5) is 19.6. The molecule has 4 rings (SSSR count). The standard InChI is InChI=1S/C19H22N2O3S/c22-18(10-17-2-1-9-25-17)21-8-5-19(14-21)11-16(13-24-19)23-12-15-3-6-20-7-4-15/h1-4,6-7,9,16H,5,8,10-14H2/t16-,19+/m1/s1. The van der Waals surface area contributed by atoms with Crippen molar-refractivity contribution in [2.75, 3.05) is 19.7 Å². The minimum atomic E-state index is -0.214. The lowest BCUT2D eigenvalue weighted by molar-refractivity contribution is -0.130. The number of thiophene rings is 1. The Morgan fingerprint density at radius 1 is 1.40 bits per heavy atom. The molecule has 5 nitrogen and oxygen atoms in total. The Morgan fingerprint density at radius 3 is 3.08 bits per heavy atom. The van der Waals surface area contributed by atoms with Gasteiger partial charge in [0.1, 0.15) is 0 Å². The first-order valence-electron chi connectivity index (χ1n) is 8.67. The van der Waals surface area contributed by atoms with Gasteiger partial charge in [0.15, 0.2) is 0 Å². The number of likely N-dealkylation sites (tertiary alicyclic amines) is 1. The van der Waals surface area contributed by atoms with Gasteiger partial charge in [-0.3, -0.25) is 9.78 Å². The molecular formula is C19H22N2O3S. The zero-order chi connectivity index (χ0) is 17.1. The number of amides is 1. The van der Waals surface area contributed by atoms with Crippen LogP contribution in [0, 0.1) is 0 Å². The molecule has 2 saturated heterocycles. The van der Waals surface area contributed by atoms with Crippen LogP contribution in [0.1, 0.15) is 23.3 Å². The summed E-state index contributed by atoms with van der Waals surface area (Å²) in [6, 6.07) is 7.94. The lowest BCUT2D eigenvalue weighted by atomic mass is 9.98. The number of aromatic nitrogens is 1. The quantitative estimate of drug-likeness (QED) is 0.825. The molecule has 25 heavy (non-hydrogen) atoms. The van der Waals surface area contributed by atoms with E-state index in [2.05, 4.69) is 4.98 Å². The van der Waals surface area contributed by atoms with Gasteiger partial charge in [0.25, 0.3) is 0 Å². The molecule has 0 bridgehead atoms. The number of carbonyl (C=O) groups excluding carboxylic acids is 1. The summed E-state index contributed by atoms with van der Waals surface area (Å²) >= 11 is 1.64. The van der Waals surface area contributed by atoms with Crippen LogP contribution in [0.15, 0.2) is 42.0 Å². The third-order valence-electron chi connectivity index (χ3n) is 4.98. The Balaban J connectivity index is 1.28. The predicted molar refractivity (Wildman–Crippen MR) is 95.3 cm³/mol. The molecule has 132 valence electrons. The van der Waals surface area contributed by atoms with Crippen LogP contribution in [0.5, 0.6) is 0 Å². The lowest BCUT2D eigenvalue weighted by Gasteiger charge is -2.23. The van der Waals surface area contributed by atoms with Gasteiger partial charge in [-0.05, 0) is 35.6 Å². The van der Waals surface area contributed by atoms with E-state index in [9.17, 15) is 4.79 Å². The number of ether oxygens (including phenoxy) is 2. The van der Waals surface area contributed by atoms with Crippen molar-refractivity contribution in [3.63, 3.8) is 0 Å². The third kappa shape index (κ3) is 3.92. The Bertz CT molecular complexity index is 707. The van der Waals surface area contributed by atoms with Crippen LogP contribution in [0.4, 0.5) is 0 Å². The molecular weight excluding hydrogens is 336 g/mol. The van der Waals surface area contributed by atoms with Gasteiger partial charge in [0.2, 0.25) is 5.91 Å². The van der Waals surface area contributed by atoms with Crippen LogP contribution < -0.4 is 0 Å². The second-order valence-corrected chi connectivity index (χ2v) is 7.84. The van der Waals surface area contributed by atoms with Crippen molar-refractivity contribution in [2.24, 2.45) is 0 Å². The van der Waals surface area contributed by atoms with Crippen LogP contribution in [-0.2, 0) is 27.3 Å². The van der Waals surface area contributed by atoms with Gasteiger partial charge in [-0.25, -0.2) is 0 Å². The normalized spacial score (nSPS) is 25.8. The van der Waals surface area contributed by atoms with Crippen molar-refractivity contribution in [3.8, 4) is 0 Å². The molecule has 0 aromatic carbocycles. The van der Waals surface area contributed by atoms with Crippen molar-refractivity contribution in [1.29, 1.82) is 0 Å². The number of pyridine rings is 1. The molecule has 0 radical (unpaired) electrons. The second kappa shape index (κ2) is 7.23. The monoisotopic (exact) mass is 358 g/mol. The molecule has 6 heteroatoms. The molecule has 4 heterocycles. The first-order chi connectivity index (χ1) is 12.2. The molecule has 2 fully saturated rings. The zero-order valence-corrected chi connectivity index (χ0v) is 14.9. The van der Waals surface area contributed by atoms with Crippen molar-refractivity contribution in [1.82, 2.24) is 9.88 Å². The third-order valence-corrected chi connectivity index (χ3v) is 5.86. The van der Waals surface area contributed by atoms with E-state index in [1.165, 1.54) is 0 Å². The van der Waals surface area contributed by atoms with Crippen LogP contribution in [0.25, 0.3) is 0 Å². The highest BCUT2D eigenvalue weighted by Crippen LogP contribution is 2.36. The number of hydrogen-bond donors (Lipinski definition) is 0. The molecule has 0 aliphatic carbocycles. The van der Waals surface area contributed by atoms with Gasteiger partial charge in [0, 0.05) is 36.8 Å². The first-order valence-corrected chi connectivity index (χ1v) is 9.55. The fourth-order valence-electron chi connectivity index (χ4n) is 3.62. The van der Waals surface area contributed by atoms with Gasteiger partial charge in [-0.15, -0.1) is 11.3 Å². The number of carbonyl (C=O) groups is 1. The maximum atomic E-state index is 12.5. The lowest BCUT2D eigenvalue weighted by Crippen LogP contribution is -2.36. The van der Waals surface area contributed by atoms with E-state index in [0.29, 0.717) is 26.2 Å². The molecule has 0 saturated carbocycles. The fourth-order valence-corrected chi connectivity index (χ4v) is 4.31. The van der Waals surface area contributed by atoms with Crippen LogP contribution in [0.3, 0.4) is 0 Å². The highest BCUT2D eigenvalue weighted by atomic mass is 32.1. The van der Waals surface area contributed by atoms with Gasteiger partial charge in [-0.2, -0.15) is 0 Å². The van der Waals surface area contributed by atoms with Crippen LogP contribution in [-0.4, -0.2) is 47.2 Å². The van der Waals surface area contributed by atoms with Gasteiger partial charge in [0.05, 0.1) is 31.3 Å². The Hall–Kier alpha value is -1.76. The molecule has 2 aromatic rings. The van der Waals surface area contributed by atoms with Gasteiger partial charge < -0.3 is 14.4 Å². The van der Waals surface area contributed by atoms with E-state index in [4.69, 9.17) is 9.47 Å². The van der Waals surface area contributed by atoms with Gasteiger partial charge >= 0.3 is 0 Å². The second-order valence-electron chi connectivity index (χ2n) is 6.81. The molecule has 1 spiro atoms. The first kappa shape index (κ1) is 16.7. The summed E-state index contributed by atoms with van der Waals surface area (Å²) in [6.45, 7) is 2.65. The van der Waals surface area contributed by atoms with Crippen molar-refractivity contribution in [2.45, 2.75) is 37.6 Å². The molecule has 2 aromatic heterocycles. The smallest absolute Gasteiger partial charge is 0.227 e. The zero-order valence-electron chi connectivity index (χ0n) is 14.1. The number of nitrogens with zero attached hydrogens (tertiary/aromatic N) is 2. The average molecular weight is 358 g/mol. The van der Waals surface area contributed by atoms with Crippen LogP contribution in [0.2, 0.25) is 0 Å². The summed E-state index contributed by atoms with van der Waals surface area (Å²) < 4.78 is 12.1. The van der Waals surface area contributed by atoms with E-state index in [1.807, 2.05) is 34.5 Å². The Labute approximate surface area is 151 Å². The minimum Gasteiger partial charge on any atom is -0.371 e. The summed E-state index contributed by atoms with van der Waals surface area (Å²) in [5.74, 6) is 0.198. The Morgan fingerprint density at radius 2 is 2.28 bits per heavy atom. The van der Waals surface area contributed by atoms with E-state index < -0.39 is 0 Å².